The Labute approximate surface area is 296 Å². The van der Waals surface area contributed by atoms with Crippen LogP contribution in [-0.4, -0.2) is 65.2 Å². The first-order valence-corrected chi connectivity index (χ1v) is 20.4. The molecular formula is C40H49N3O6Si. The van der Waals surface area contributed by atoms with Crippen LogP contribution < -0.4 is 0 Å². The molecule has 3 aromatic carbocycles. The van der Waals surface area contributed by atoms with E-state index in [1.807, 2.05) is 53.4 Å². The number of amides is 1. The molecule has 50 heavy (non-hydrogen) atoms. The van der Waals surface area contributed by atoms with Gasteiger partial charge in [0.05, 0.1) is 36.2 Å². The fraction of sp³-hybridized carbons (Fsp3) is 0.400. The van der Waals surface area contributed by atoms with Gasteiger partial charge in [-0.2, -0.15) is 5.10 Å². The summed E-state index contributed by atoms with van der Waals surface area (Å²) in [5, 5.41) is 14.9. The van der Waals surface area contributed by atoms with Crippen molar-refractivity contribution < 1.29 is 28.7 Å². The van der Waals surface area contributed by atoms with Crippen LogP contribution in [-0.2, 0) is 28.5 Å². The van der Waals surface area contributed by atoms with Crippen molar-refractivity contribution in [1.29, 1.82) is 0 Å². The van der Waals surface area contributed by atoms with Gasteiger partial charge in [-0.15, -0.1) is 0 Å². The minimum Gasteiger partial charge on any atom is -0.478 e. The smallest absolute Gasteiger partial charge is 0.359 e. The molecule has 1 aliphatic rings. The molecule has 1 atom stereocenters. The molecule has 10 heteroatoms. The summed E-state index contributed by atoms with van der Waals surface area (Å²) in [6.07, 6.45) is 2.87. The second-order valence-electron chi connectivity index (χ2n) is 14.4. The Morgan fingerprint density at radius 2 is 1.64 bits per heavy atom. The van der Waals surface area contributed by atoms with Crippen molar-refractivity contribution in [2.24, 2.45) is 0 Å². The Morgan fingerprint density at radius 1 is 0.960 bits per heavy atom. The number of carbonyl (C=O) groups is 3. The first-order chi connectivity index (χ1) is 23.8. The highest BCUT2D eigenvalue weighted by Crippen LogP contribution is 2.39. The van der Waals surface area contributed by atoms with Gasteiger partial charge in [-0.3, -0.25) is 4.79 Å². The predicted molar refractivity (Wildman–Crippen MR) is 197 cm³/mol. The highest BCUT2D eigenvalue weighted by Gasteiger charge is 2.40. The third kappa shape index (κ3) is 7.61. The van der Waals surface area contributed by atoms with Crippen LogP contribution in [0.15, 0.2) is 72.8 Å². The SMILES string of the molecule is CCCCc1c(-c2ccc(C(=O)O)cc2C(=O)N2Cc3ccccc3C[C@H]2CO[Si](C)(C)C(C)(C)C)c(C(=O)OCC)nn1-c1ccccc1. The molecule has 0 fully saturated rings. The van der Waals surface area contributed by atoms with Gasteiger partial charge in [0.2, 0.25) is 0 Å². The lowest BCUT2D eigenvalue weighted by atomic mass is 9.90. The summed E-state index contributed by atoms with van der Waals surface area (Å²) in [5.74, 6) is -2.09. The number of esters is 1. The molecule has 4 aromatic rings. The van der Waals surface area contributed by atoms with Crippen LogP contribution in [0.1, 0.15) is 95.5 Å². The Kier molecular flexibility index (Phi) is 11.1. The zero-order chi connectivity index (χ0) is 36.2. The van der Waals surface area contributed by atoms with Crippen molar-refractivity contribution in [2.75, 3.05) is 13.2 Å². The third-order valence-electron chi connectivity index (χ3n) is 10.0. The number of carbonyl (C=O) groups excluding carboxylic acids is 2. The number of rotatable bonds is 12. The molecule has 1 aromatic heterocycles. The third-order valence-corrected chi connectivity index (χ3v) is 14.5. The molecule has 0 spiro atoms. The minimum atomic E-state index is -2.17. The lowest BCUT2D eigenvalue weighted by Crippen LogP contribution is -2.50. The van der Waals surface area contributed by atoms with Crippen LogP contribution in [0.5, 0.6) is 0 Å². The average molecular weight is 696 g/mol. The maximum Gasteiger partial charge on any atom is 0.359 e. The minimum absolute atomic E-state index is 0.0191. The maximum absolute atomic E-state index is 15.1. The molecule has 0 unspecified atom stereocenters. The number of fused-ring (bicyclic) bond motifs is 1. The van der Waals surface area contributed by atoms with E-state index in [0.29, 0.717) is 37.1 Å². The topological polar surface area (TPSA) is 111 Å². The molecule has 1 aliphatic heterocycles. The summed E-state index contributed by atoms with van der Waals surface area (Å²) in [5.41, 5.74) is 4.89. The van der Waals surface area contributed by atoms with E-state index in [-0.39, 0.29) is 40.4 Å². The summed E-state index contributed by atoms with van der Waals surface area (Å²) in [7, 11) is -2.17. The number of aromatic carboxylic acids is 1. The Balaban J connectivity index is 1.71. The molecule has 2 heterocycles. The fourth-order valence-corrected chi connectivity index (χ4v) is 7.20. The summed E-state index contributed by atoms with van der Waals surface area (Å²) < 4.78 is 14.0. The molecule has 5 rings (SSSR count). The number of benzene rings is 3. The zero-order valence-corrected chi connectivity index (χ0v) is 31.3. The van der Waals surface area contributed by atoms with E-state index in [9.17, 15) is 14.7 Å². The second-order valence-corrected chi connectivity index (χ2v) is 19.2. The van der Waals surface area contributed by atoms with E-state index in [1.54, 1.807) is 17.7 Å². The number of para-hydroxylation sites is 1. The number of nitrogens with zero attached hydrogens (tertiary/aromatic N) is 3. The molecular weight excluding hydrogens is 647 g/mol. The van der Waals surface area contributed by atoms with E-state index in [2.05, 4.69) is 46.9 Å². The van der Waals surface area contributed by atoms with Crippen molar-refractivity contribution in [1.82, 2.24) is 14.7 Å². The largest absolute Gasteiger partial charge is 0.478 e. The molecule has 0 saturated heterocycles. The summed E-state index contributed by atoms with van der Waals surface area (Å²) >= 11 is 0. The molecule has 0 saturated carbocycles. The van der Waals surface area contributed by atoms with Crippen LogP contribution in [0.4, 0.5) is 0 Å². The average Bonchev–Trinajstić information content (AvgIpc) is 3.48. The van der Waals surface area contributed by atoms with Crippen molar-refractivity contribution in [3.63, 3.8) is 0 Å². The van der Waals surface area contributed by atoms with Crippen molar-refractivity contribution >= 4 is 26.2 Å². The van der Waals surface area contributed by atoms with Gasteiger partial charge in [0.15, 0.2) is 14.0 Å². The van der Waals surface area contributed by atoms with E-state index in [1.165, 1.54) is 12.1 Å². The van der Waals surface area contributed by atoms with E-state index < -0.39 is 20.3 Å². The summed E-state index contributed by atoms with van der Waals surface area (Å²) in [6, 6.07) is 21.9. The van der Waals surface area contributed by atoms with Gasteiger partial charge >= 0.3 is 11.9 Å². The van der Waals surface area contributed by atoms with Gasteiger partial charge in [0.1, 0.15) is 0 Å². The quantitative estimate of drug-likeness (QED) is 0.117. The second kappa shape index (κ2) is 15.1. The molecule has 264 valence electrons. The van der Waals surface area contributed by atoms with Crippen molar-refractivity contribution in [3.8, 4) is 16.8 Å². The fourth-order valence-electron chi connectivity index (χ4n) is 6.16. The molecule has 1 amide bonds. The van der Waals surface area contributed by atoms with Gasteiger partial charge in [-0.25, -0.2) is 14.3 Å². The Hall–Kier alpha value is -4.54. The number of unbranched alkanes of at least 4 members (excludes halogenated alkanes) is 1. The van der Waals surface area contributed by atoms with Crippen LogP contribution in [0.2, 0.25) is 18.1 Å². The maximum atomic E-state index is 15.1. The number of hydrogen-bond donors (Lipinski definition) is 1. The van der Waals surface area contributed by atoms with E-state index in [4.69, 9.17) is 14.3 Å². The molecule has 0 aliphatic carbocycles. The lowest BCUT2D eigenvalue weighted by Gasteiger charge is -2.41. The number of carboxylic acids is 1. The van der Waals surface area contributed by atoms with E-state index >= 15 is 4.79 Å². The van der Waals surface area contributed by atoms with Crippen molar-refractivity contribution in [2.45, 2.75) is 91.0 Å². The van der Waals surface area contributed by atoms with E-state index in [0.717, 1.165) is 35.3 Å². The number of aromatic nitrogens is 2. The van der Waals surface area contributed by atoms with Gasteiger partial charge < -0.3 is 19.2 Å². The van der Waals surface area contributed by atoms with Gasteiger partial charge in [0, 0.05) is 17.7 Å². The highest BCUT2D eigenvalue weighted by molar-refractivity contribution is 6.74. The summed E-state index contributed by atoms with van der Waals surface area (Å²) in [4.78, 5) is 42.9. The number of ether oxygens (including phenoxy) is 1. The van der Waals surface area contributed by atoms with Gasteiger partial charge in [-0.05, 0) is 85.3 Å². The van der Waals surface area contributed by atoms with Gasteiger partial charge in [-0.1, -0.05) is 82.6 Å². The first kappa shape index (κ1) is 36.7. The predicted octanol–water partition coefficient (Wildman–Crippen LogP) is 8.35. The van der Waals surface area contributed by atoms with Crippen LogP contribution in [0, 0.1) is 0 Å². The first-order valence-electron chi connectivity index (χ1n) is 17.5. The van der Waals surface area contributed by atoms with Crippen molar-refractivity contribution in [3.05, 3.63) is 106 Å². The van der Waals surface area contributed by atoms with Gasteiger partial charge in [0.25, 0.3) is 5.91 Å². The molecule has 0 bridgehead atoms. The Morgan fingerprint density at radius 3 is 2.28 bits per heavy atom. The zero-order valence-electron chi connectivity index (χ0n) is 30.3. The molecule has 0 radical (unpaired) electrons. The standard InChI is InChI=1S/C40H49N3O6Si/c1-8-10-20-34-35(36(39(47)48-9-2)41-43(34)30-18-12-11-13-19-30)32-22-21-28(38(45)46)24-33(32)37(44)42-25-29-17-15-14-16-27(29)23-31(42)26-49-50(6,7)40(3,4)5/h11-19,21-22,24,31H,8-10,20,23,25-26H2,1-7H3,(H,45,46)/t31-/m0/s1. The Bertz CT molecular complexity index is 1860. The van der Waals surface area contributed by atoms with Crippen LogP contribution in [0.25, 0.3) is 16.8 Å². The number of hydrogen-bond acceptors (Lipinski definition) is 6. The molecule has 1 N–H and O–H groups in total. The monoisotopic (exact) mass is 695 g/mol. The van der Waals surface area contributed by atoms with Crippen LogP contribution >= 0.6 is 0 Å². The highest BCUT2D eigenvalue weighted by atomic mass is 28.4. The summed E-state index contributed by atoms with van der Waals surface area (Å²) in [6.45, 7) is 15.6. The number of carboxylic acid groups (broad SMARTS) is 1. The van der Waals surface area contributed by atoms with Crippen LogP contribution in [0.3, 0.4) is 0 Å². The normalized spacial score (nSPS) is 14.7. The molecule has 9 nitrogen and oxygen atoms in total. The lowest BCUT2D eigenvalue weighted by molar-refractivity contribution is 0.0516.